The van der Waals surface area contributed by atoms with Crippen molar-refractivity contribution in [3.63, 3.8) is 0 Å². The Balaban J connectivity index is 1.69. The first-order chi connectivity index (χ1) is 13.3. The molecule has 0 unspecified atom stereocenters. The van der Waals surface area contributed by atoms with Gasteiger partial charge in [-0.2, -0.15) is 0 Å². The molecule has 0 aliphatic carbocycles. The summed E-state index contributed by atoms with van der Waals surface area (Å²) in [6, 6.07) is 12.4. The van der Waals surface area contributed by atoms with Crippen molar-refractivity contribution in [1.82, 2.24) is 5.32 Å². The number of ketones is 1. The van der Waals surface area contributed by atoms with Gasteiger partial charge in [-0.15, -0.1) is 0 Å². The first-order valence-corrected chi connectivity index (χ1v) is 8.80. The van der Waals surface area contributed by atoms with E-state index in [0.717, 1.165) is 5.56 Å². The highest BCUT2D eigenvalue weighted by Crippen LogP contribution is 2.12. The Hall–Kier alpha value is -3.22. The largest absolute Gasteiger partial charge is 0.482 e. The second-order valence-corrected chi connectivity index (χ2v) is 6.17. The molecule has 2 rings (SSSR count). The zero-order chi connectivity index (χ0) is 20.5. The zero-order valence-electron chi connectivity index (χ0n) is 15.7. The molecule has 6 nitrogen and oxygen atoms in total. The normalized spacial score (nSPS) is 11.4. The highest BCUT2D eigenvalue weighted by Gasteiger charge is 2.17. The van der Waals surface area contributed by atoms with Crippen molar-refractivity contribution in [2.45, 2.75) is 26.4 Å². The van der Waals surface area contributed by atoms with Crippen LogP contribution in [0.25, 0.3) is 0 Å². The van der Waals surface area contributed by atoms with Crippen LogP contribution in [0.5, 0.6) is 5.75 Å². The van der Waals surface area contributed by atoms with Crippen LogP contribution in [0, 0.1) is 5.82 Å². The Labute approximate surface area is 162 Å². The van der Waals surface area contributed by atoms with E-state index in [-0.39, 0.29) is 18.2 Å². The lowest BCUT2D eigenvalue weighted by atomic mass is 10.1. The van der Waals surface area contributed by atoms with Crippen LogP contribution in [0.15, 0.2) is 48.5 Å². The summed E-state index contributed by atoms with van der Waals surface area (Å²) in [6.45, 7) is 2.91. The molecule has 1 N–H and O–H groups in total. The molecule has 0 heterocycles. The third kappa shape index (κ3) is 6.83. The Bertz CT molecular complexity index is 818. The van der Waals surface area contributed by atoms with Crippen LogP contribution in [0.2, 0.25) is 0 Å². The predicted molar refractivity (Wildman–Crippen MR) is 101 cm³/mol. The summed E-state index contributed by atoms with van der Waals surface area (Å²) in [6.07, 6.45) is -0.434. The molecule has 0 radical (unpaired) electrons. The monoisotopic (exact) mass is 387 g/mol. The third-order valence-corrected chi connectivity index (χ3v) is 3.92. The number of Topliss-reactive ketones (excluding diaryl/α,β-unsaturated/α-hetero) is 1. The average Bonchev–Trinajstić information content (AvgIpc) is 2.68. The minimum Gasteiger partial charge on any atom is -0.482 e. The number of rotatable bonds is 9. The van der Waals surface area contributed by atoms with Crippen LogP contribution in [0.4, 0.5) is 4.39 Å². The number of ether oxygens (including phenoxy) is 2. The van der Waals surface area contributed by atoms with E-state index >= 15 is 0 Å². The molecule has 0 fully saturated rings. The number of amides is 1. The molecule has 0 bridgehead atoms. The fraction of sp³-hybridized carbons (Fsp3) is 0.286. The smallest absolute Gasteiger partial charge is 0.344 e. The number of carbonyl (C=O) groups is 3. The van der Waals surface area contributed by atoms with E-state index in [1.54, 1.807) is 36.4 Å². The second kappa shape index (κ2) is 10.2. The molecule has 0 aliphatic rings. The second-order valence-electron chi connectivity index (χ2n) is 6.17. The lowest BCUT2D eigenvalue weighted by molar-refractivity contribution is -0.156. The maximum atomic E-state index is 12.8. The molecular weight excluding hydrogens is 365 g/mol. The molecule has 28 heavy (non-hydrogen) atoms. The molecule has 0 aromatic heterocycles. The van der Waals surface area contributed by atoms with Gasteiger partial charge in [0, 0.05) is 12.1 Å². The van der Waals surface area contributed by atoms with E-state index in [1.807, 2.05) is 0 Å². The predicted octanol–water partition coefficient (Wildman–Crippen LogP) is 2.70. The standard InChI is InChI=1S/C21H22FNO5/c1-14(24)17-5-9-19(10-6-17)27-13-20(25)28-15(2)21(26)23-12-11-16-3-7-18(22)8-4-16/h3-10,15H,11-13H2,1-2H3,(H,23,26)/t15-/m1/s1. The minimum atomic E-state index is -0.968. The maximum Gasteiger partial charge on any atom is 0.344 e. The fourth-order valence-electron chi connectivity index (χ4n) is 2.34. The van der Waals surface area contributed by atoms with Gasteiger partial charge in [-0.05, 0) is 62.2 Å². The first kappa shape index (κ1) is 21.1. The topological polar surface area (TPSA) is 81.7 Å². The Kier molecular flexibility index (Phi) is 7.68. The van der Waals surface area contributed by atoms with Crippen LogP contribution in [-0.4, -0.2) is 36.9 Å². The van der Waals surface area contributed by atoms with Crippen molar-refractivity contribution in [3.05, 3.63) is 65.5 Å². The van der Waals surface area contributed by atoms with Gasteiger partial charge in [0.25, 0.3) is 5.91 Å². The number of esters is 1. The van der Waals surface area contributed by atoms with Crippen molar-refractivity contribution < 1.29 is 28.2 Å². The lowest BCUT2D eigenvalue weighted by Gasteiger charge is -2.14. The van der Waals surface area contributed by atoms with Gasteiger partial charge < -0.3 is 14.8 Å². The van der Waals surface area contributed by atoms with Gasteiger partial charge in [-0.3, -0.25) is 9.59 Å². The fourth-order valence-corrected chi connectivity index (χ4v) is 2.34. The highest BCUT2D eigenvalue weighted by molar-refractivity contribution is 5.94. The third-order valence-electron chi connectivity index (χ3n) is 3.92. The van der Waals surface area contributed by atoms with Gasteiger partial charge in [-0.1, -0.05) is 12.1 Å². The molecule has 2 aromatic carbocycles. The van der Waals surface area contributed by atoms with Crippen LogP contribution in [0.1, 0.15) is 29.8 Å². The summed E-state index contributed by atoms with van der Waals surface area (Å²) in [5, 5.41) is 2.66. The lowest BCUT2D eigenvalue weighted by Crippen LogP contribution is -2.37. The summed E-state index contributed by atoms with van der Waals surface area (Å²) < 4.78 is 23.2. The van der Waals surface area contributed by atoms with Gasteiger partial charge in [-0.25, -0.2) is 9.18 Å². The molecule has 0 spiro atoms. The summed E-state index contributed by atoms with van der Waals surface area (Å²) in [4.78, 5) is 35.0. The van der Waals surface area contributed by atoms with Crippen LogP contribution >= 0.6 is 0 Å². The number of benzene rings is 2. The van der Waals surface area contributed by atoms with Crippen molar-refractivity contribution in [1.29, 1.82) is 0 Å². The Morgan fingerprint density at radius 2 is 1.68 bits per heavy atom. The van der Waals surface area contributed by atoms with E-state index in [4.69, 9.17) is 9.47 Å². The van der Waals surface area contributed by atoms with E-state index < -0.39 is 18.0 Å². The van der Waals surface area contributed by atoms with Gasteiger partial charge >= 0.3 is 5.97 Å². The Morgan fingerprint density at radius 3 is 2.29 bits per heavy atom. The molecule has 2 aromatic rings. The van der Waals surface area contributed by atoms with Crippen molar-refractivity contribution in [2.75, 3.05) is 13.2 Å². The van der Waals surface area contributed by atoms with Crippen LogP contribution < -0.4 is 10.1 Å². The van der Waals surface area contributed by atoms with Gasteiger partial charge in [0.15, 0.2) is 18.5 Å². The number of nitrogens with one attached hydrogen (secondary N) is 1. The molecular formula is C21H22FNO5. The van der Waals surface area contributed by atoms with Crippen LogP contribution in [0.3, 0.4) is 0 Å². The number of hydrogen-bond acceptors (Lipinski definition) is 5. The summed E-state index contributed by atoms with van der Waals surface area (Å²) in [7, 11) is 0. The highest BCUT2D eigenvalue weighted by atomic mass is 19.1. The van der Waals surface area contributed by atoms with Crippen LogP contribution in [-0.2, 0) is 20.7 Å². The van der Waals surface area contributed by atoms with E-state index in [0.29, 0.717) is 24.3 Å². The van der Waals surface area contributed by atoms with E-state index in [1.165, 1.54) is 26.0 Å². The quantitative estimate of drug-likeness (QED) is 0.529. The first-order valence-electron chi connectivity index (χ1n) is 8.80. The molecule has 0 aliphatic heterocycles. The van der Waals surface area contributed by atoms with E-state index in [9.17, 15) is 18.8 Å². The van der Waals surface area contributed by atoms with Crippen molar-refractivity contribution in [3.8, 4) is 5.75 Å². The number of hydrogen-bond donors (Lipinski definition) is 1. The summed E-state index contributed by atoms with van der Waals surface area (Å²) in [5.74, 6) is -1.08. The SMILES string of the molecule is CC(=O)c1ccc(OCC(=O)O[C@H](C)C(=O)NCCc2ccc(F)cc2)cc1. The molecule has 148 valence electrons. The maximum absolute atomic E-state index is 12.8. The summed E-state index contributed by atoms with van der Waals surface area (Å²) >= 11 is 0. The minimum absolute atomic E-state index is 0.0646. The molecule has 0 saturated heterocycles. The van der Waals surface area contributed by atoms with Gasteiger partial charge in [0.1, 0.15) is 11.6 Å². The Morgan fingerprint density at radius 1 is 1.04 bits per heavy atom. The van der Waals surface area contributed by atoms with Gasteiger partial charge in [0.2, 0.25) is 0 Å². The molecule has 7 heteroatoms. The van der Waals surface area contributed by atoms with Crippen molar-refractivity contribution >= 4 is 17.7 Å². The zero-order valence-corrected chi connectivity index (χ0v) is 15.7. The number of carbonyl (C=O) groups excluding carboxylic acids is 3. The average molecular weight is 387 g/mol. The molecule has 1 atom stereocenters. The van der Waals surface area contributed by atoms with E-state index in [2.05, 4.69) is 5.32 Å². The molecule has 1 amide bonds. The molecule has 0 saturated carbocycles. The summed E-state index contributed by atoms with van der Waals surface area (Å²) in [5.41, 5.74) is 1.43. The number of halogens is 1. The van der Waals surface area contributed by atoms with Crippen molar-refractivity contribution in [2.24, 2.45) is 0 Å². The van der Waals surface area contributed by atoms with Gasteiger partial charge in [0.05, 0.1) is 0 Å².